The normalized spacial score (nSPS) is 10.4. The first-order chi connectivity index (χ1) is 8.63. The fraction of sp³-hybridized carbons (Fsp3) is 0.143. The molecule has 0 atom stereocenters. The maximum atomic E-state index is 13.3. The summed E-state index contributed by atoms with van der Waals surface area (Å²) in [5, 5.41) is 0.370. The van der Waals surface area contributed by atoms with E-state index in [-0.39, 0.29) is 5.82 Å². The fourth-order valence-corrected chi connectivity index (χ4v) is 2.06. The average molecular weight is 266 g/mol. The first-order valence-electron chi connectivity index (χ1n) is 5.47. The Morgan fingerprint density at radius 1 is 1.17 bits per heavy atom. The van der Waals surface area contributed by atoms with E-state index in [0.29, 0.717) is 11.6 Å². The molecule has 4 heteroatoms. The standard InChI is InChI=1S/C14H13ClFNO/c1-18-14-3-2-9(4-11(14)8-17)10-5-12(15)7-13(16)6-10/h2-7H,8,17H2,1H3. The van der Waals surface area contributed by atoms with Gasteiger partial charge in [0.1, 0.15) is 11.6 Å². The van der Waals surface area contributed by atoms with E-state index in [1.54, 1.807) is 13.2 Å². The first-order valence-corrected chi connectivity index (χ1v) is 5.85. The molecule has 94 valence electrons. The molecule has 2 N–H and O–H groups in total. The van der Waals surface area contributed by atoms with Crippen LogP contribution >= 0.6 is 11.6 Å². The van der Waals surface area contributed by atoms with Crippen LogP contribution in [0.5, 0.6) is 5.75 Å². The van der Waals surface area contributed by atoms with Crippen LogP contribution in [0.25, 0.3) is 11.1 Å². The minimum Gasteiger partial charge on any atom is -0.496 e. The molecule has 0 saturated carbocycles. The summed E-state index contributed by atoms with van der Waals surface area (Å²) in [6.45, 7) is 0.361. The summed E-state index contributed by atoms with van der Waals surface area (Å²) < 4.78 is 18.5. The van der Waals surface area contributed by atoms with Crippen LogP contribution < -0.4 is 10.5 Å². The number of nitrogens with two attached hydrogens (primary N) is 1. The van der Waals surface area contributed by atoms with Crippen molar-refractivity contribution in [1.29, 1.82) is 0 Å². The zero-order valence-corrected chi connectivity index (χ0v) is 10.7. The van der Waals surface area contributed by atoms with Crippen LogP contribution in [0, 0.1) is 5.82 Å². The highest BCUT2D eigenvalue weighted by molar-refractivity contribution is 6.30. The van der Waals surface area contributed by atoms with Crippen molar-refractivity contribution in [2.45, 2.75) is 6.54 Å². The average Bonchev–Trinajstić information content (AvgIpc) is 2.36. The molecule has 0 aliphatic carbocycles. The van der Waals surface area contributed by atoms with E-state index < -0.39 is 0 Å². The molecule has 0 aromatic heterocycles. The molecule has 2 aromatic rings. The van der Waals surface area contributed by atoms with Crippen molar-refractivity contribution in [3.05, 3.63) is 52.8 Å². The number of hydrogen-bond donors (Lipinski definition) is 1. The number of benzene rings is 2. The topological polar surface area (TPSA) is 35.2 Å². The lowest BCUT2D eigenvalue weighted by Crippen LogP contribution is -2.00. The zero-order valence-electron chi connectivity index (χ0n) is 9.91. The Bertz CT molecular complexity index is 551. The molecule has 2 nitrogen and oxygen atoms in total. The smallest absolute Gasteiger partial charge is 0.125 e. The molecule has 0 bridgehead atoms. The number of halogens is 2. The van der Waals surface area contributed by atoms with Crippen LogP contribution in [-0.2, 0) is 6.54 Å². The quantitative estimate of drug-likeness (QED) is 0.920. The Kier molecular flexibility index (Phi) is 3.84. The van der Waals surface area contributed by atoms with E-state index in [2.05, 4.69) is 0 Å². The van der Waals surface area contributed by atoms with Crippen LogP contribution in [-0.4, -0.2) is 7.11 Å². The monoisotopic (exact) mass is 265 g/mol. The summed E-state index contributed by atoms with van der Waals surface area (Å²) in [6.07, 6.45) is 0. The highest BCUT2D eigenvalue weighted by atomic mass is 35.5. The van der Waals surface area contributed by atoms with Gasteiger partial charge in [0.05, 0.1) is 7.11 Å². The molecule has 0 aliphatic heterocycles. The van der Waals surface area contributed by atoms with Crippen LogP contribution in [0.1, 0.15) is 5.56 Å². The summed E-state index contributed by atoms with van der Waals surface area (Å²) in [5.41, 5.74) is 8.10. The molecule has 0 heterocycles. The summed E-state index contributed by atoms with van der Waals surface area (Å²) in [5.74, 6) is 0.367. The molecule has 0 spiro atoms. The van der Waals surface area contributed by atoms with Gasteiger partial charge in [-0.15, -0.1) is 0 Å². The van der Waals surface area contributed by atoms with Crippen molar-refractivity contribution in [2.24, 2.45) is 5.73 Å². The van der Waals surface area contributed by atoms with Gasteiger partial charge in [-0.1, -0.05) is 17.7 Å². The van der Waals surface area contributed by atoms with E-state index in [1.165, 1.54) is 12.1 Å². The van der Waals surface area contributed by atoms with E-state index in [9.17, 15) is 4.39 Å². The van der Waals surface area contributed by atoms with Crippen molar-refractivity contribution >= 4 is 11.6 Å². The van der Waals surface area contributed by atoms with E-state index in [4.69, 9.17) is 22.1 Å². The molecule has 2 rings (SSSR count). The van der Waals surface area contributed by atoms with Gasteiger partial charge in [0.15, 0.2) is 0 Å². The van der Waals surface area contributed by atoms with Crippen LogP contribution in [0.3, 0.4) is 0 Å². The Morgan fingerprint density at radius 2 is 1.94 bits per heavy atom. The second-order valence-electron chi connectivity index (χ2n) is 3.89. The van der Waals surface area contributed by atoms with Crippen LogP contribution in [0.2, 0.25) is 5.02 Å². The predicted octanol–water partition coefficient (Wildman–Crippen LogP) is 3.61. The molecule has 0 fully saturated rings. The molecular formula is C14H13ClFNO. The highest BCUT2D eigenvalue weighted by Crippen LogP contribution is 2.28. The van der Waals surface area contributed by atoms with E-state index >= 15 is 0 Å². The van der Waals surface area contributed by atoms with E-state index in [1.807, 2.05) is 18.2 Å². The summed E-state index contributed by atoms with van der Waals surface area (Å²) in [7, 11) is 1.59. The second-order valence-corrected chi connectivity index (χ2v) is 4.33. The number of hydrogen-bond acceptors (Lipinski definition) is 2. The number of ether oxygens (including phenoxy) is 1. The maximum absolute atomic E-state index is 13.3. The molecule has 0 saturated heterocycles. The molecule has 0 radical (unpaired) electrons. The van der Waals surface area contributed by atoms with Crippen LogP contribution in [0.4, 0.5) is 4.39 Å². The van der Waals surface area contributed by atoms with Crippen molar-refractivity contribution < 1.29 is 9.13 Å². The largest absolute Gasteiger partial charge is 0.496 e. The van der Waals surface area contributed by atoms with Gasteiger partial charge in [-0.3, -0.25) is 0 Å². The van der Waals surface area contributed by atoms with Gasteiger partial charge >= 0.3 is 0 Å². The third-order valence-electron chi connectivity index (χ3n) is 2.70. The van der Waals surface area contributed by atoms with Gasteiger partial charge in [-0.25, -0.2) is 4.39 Å². The minimum atomic E-state index is -0.359. The molecule has 18 heavy (non-hydrogen) atoms. The molecule has 0 unspecified atom stereocenters. The number of methoxy groups -OCH3 is 1. The fourth-order valence-electron chi connectivity index (χ4n) is 1.84. The van der Waals surface area contributed by atoms with Gasteiger partial charge in [-0.2, -0.15) is 0 Å². The minimum absolute atomic E-state index is 0.359. The number of rotatable bonds is 3. The molecule has 2 aromatic carbocycles. The van der Waals surface area contributed by atoms with Crippen LogP contribution in [0.15, 0.2) is 36.4 Å². The Balaban J connectivity index is 2.50. The summed E-state index contributed by atoms with van der Waals surface area (Å²) in [6, 6.07) is 9.97. The lowest BCUT2D eigenvalue weighted by atomic mass is 10.0. The summed E-state index contributed by atoms with van der Waals surface area (Å²) >= 11 is 5.84. The van der Waals surface area contributed by atoms with Crippen molar-refractivity contribution in [1.82, 2.24) is 0 Å². The van der Waals surface area contributed by atoms with Gasteiger partial charge in [0.25, 0.3) is 0 Å². The summed E-state index contributed by atoms with van der Waals surface area (Å²) in [4.78, 5) is 0. The van der Waals surface area contributed by atoms with Crippen molar-refractivity contribution in [3.8, 4) is 16.9 Å². The van der Waals surface area contributed by atoms with Gasteiger partial charge in [0, 0.05) is 17.1 Å². The zero-order chi connectivity index (χ0) is 13.1. The Hall–Kier alpha value is -1.58. The lowest BCUT2D eigenvalue weighted by molar-refractivity contribution is 0.410. The Morgan fingerprint density at radius 3 is 2.56 bits per heavy atom. The molecular weight excluding hydrogens is 253 g/mol. The first kappa shape index (κ1) is 12.9. The second kappa shape index (κ2) is 5.38. The Labute approximate surface area is 110 Å². The van der Waals surface area contributed by atoms with E-state index in [0.717, 1.165) is 22.4 Å². The van der Waals surface area contributed by atoms with Gasteiger partial charge in [0.2, 0.25) is 0 Å². The third-order valence-corrected chi connectivity index (χ3v) is 2.91. The lowest BCUT2D eigenvalue weighted by Gasteiger charge is -2.09. The highest BCUT2D eigenvalue weighted by Gasteiger charge is 2.06. The van der Waals surface area contributed by atoms with Gasteiger partial charge in [-0.05, 0) is 41.5 Å². The third kappa shape index (κ3) is 2.63. The molecule has 0 aliphatic rings. The van der Waals surface area contributed by atoms with Gasteiger partial charge < -0.3 is 10.5 Å². The predicted molar refractivity (Wildman–Crippen MR) is 71.3 cm³/mol. The maximum Gasteiger partial charge on any atom is 0.125 e. The van der Waals surface area contributed by atoms with Crippen molar-refractivity contribution in [3.63, 3.8) is 0 Å². The molecule has 0 amide bonds. The van der Waals surface area contributed by atoms with Crippen molar-refractivity contribution in [2.75, 3.05) is 7.11 Å². The SMILES string of the molecule is COc1ccc(-c2cc(F)cc(Cl)c2)cc1CN.